The average molecular weight is 363 g/mol. The second-order valence-corrected chi connectivity index (χ2v) is 5.97. The number of para-hydroxylation sites is 1. The Kier molecular flexibility index (Phi) is 4.55. The summed E-state index contributed by atoms with van der Waals surface area (Å²) in [6, 6.07) is 12.2. The highest BCUT2D eigenvalue weighted by molar-refractivity contribution is 6.37. The lowest BCUT2D eigenvalue weighted by molar-refractivity contribution is -0.384. The predicted molar refractivity (Wildman–Crippen MR) is 93.9 cm³/mol. The van der Waals surface area contributed by atoms with Crippen LogP contribution in [0.2, 0.25) is 10.0 Å². The van der Waals surface area contributed by atoms with E-state index in [2.05, 4.69) is 4.98 Å². The molecule has 3 rings (SSSR count). The quantitative estimate of drug-likeness (QED) is 0.464. The molecule has 0 N–H and O–H groups in total. The highest BCUT2D eigenvalue weighted by Gasteiger charge is 2.19. The molecule has 0 saturated carbocycles. The van der Waals surface area contributed by atoms with Gasteiger partial charge < -0.3 is 4.74 Å². The fourth-order valence-electron chi connectivity index (χ4n) is 2.34. The first-order chi connectivity index (χ1) is 11.5. The summed E-state index contributed by atoms with van der Waals surface area (Å²) in [6.45, 7) is 1.90. The molecule has 0 spiro atoms. The third kappa shape index (κ3) is 3.13. The van der Waals surface area contributed by atoms with Gasteiger partial charge in [-0.2, -0.15) is 0 Å². The third-order valence-corrected chi connectivity index (χ3v) is 4.33. The van der Waals surface area contributed by atoms with Gasteiger partial charge in [0.2, 0.25) is 0 Å². The van der Waals surface area contributed by atoms with E-state index in [1.165, 1.54) is 12.1 Å². The van der Waals surface area contributed by atoms with Crippen molar-refractivity contribution in [3.63, 3.8) is 0 Å². The number of halogens is 2. The normalized spacial score (nSPS) is 10.8. The van der Waals surface area contributed by atoms with E-state index in [4.69, 9.17) is 27.9 Å². The molecule has 0 fully saturated rings. The first-order valence-corrected chi connectivity index (χ1v) is 7.83. The Morgan fingerprint density at radius 2 is 1.96 bits per heavy atom. The van der Waals surface area contributed by atoms with E-state index in [1.54, 1.807) is 6.07 Å². The van der Waals surface area contributed by atoms with Crippen LogP contribution in [0.3, 0.4) is 0 Å². The number of aryl methyl sites for hydroxylation is 1. The van der Waals surface area contributed by atoms with Crippen molar-refractivity contribution in [2.24, 2.45) is 0 Å². The zero-order valence-electron chi connectivity index (χ0n) is 12.6. The lowest BCUT2D eigenvalue weighted by Crippen LogP contribution is -2.01. The van der Waals surface area contributed by atoms with Crippen LogP contribution in [0.15, 0.2) is 42.5 Å². The Hall–Kier alpha value is -2.37. The Morgan fingerprint density at radius 3 is 2.71 bits per heavy atom. The first-order valence-electron chi connectivity index (χ1n) is 7.08. The minimum absolute atomic E-state index is 0.00802. The summed E-state index contributed by atoms with van der Waals surface area (Å²) in [5, 5.41) is 12.2. The number of fused-ring (bicyclic) bond motifs is 1. The summed E-state index contributed by atoms with van der Waals surface area (Å²) in [5.74, 6) is 0.565. The molecule has 0 aliphatic rings. The summed E-state index contributed by atoms with van der Waals surface area (Å²) < 4.78 is 5.80. The number of pyridine rings is 1. The monoisotopic (exact) mass is 362 g/mol. The van der Waals surface area contributed by atoms with E-state index in [1.807, 2.05) is 31.2 Å². The summed E-state index contributed by atoms with van der Waals surface area (Å²) >= 11 is 12.2. The molecule has 0 atom stereocenters. The van der Waals surface area contributed by atoms with Crippen LogP contribution < -0.4 is 4.74 Å². The van der Waals surface area contributed by atoms with Gasteiger partial charge in [0.25, 0.3) is 5.69 Å². The molecule has 5 nitrogen and oxygen atoms in total. The Balaban J connectivity index is 1.96. The van der Waals surface area contributed by atoms with E-state index >= 15 is 0 Å². The Labute approximate surface area is 147 Å². The van der Waals surface area contributed by atoms with Crippen molar-refractivity contribution >= 4 is 39.8 Å². The molecule has 0 amide bonds. The number of ether oxygens (including phenoxy) is 1. The molecule has 0 radical (unpaired) electrons. The zero-order valence-corrected chi connectivity index (χ0v) is 14.1. The van der Waals surface area contributed by atoms with Crippen molar-refractivity contribution in [1.29, 1.82) is 0 Å². The van der Waals surface area contributed by atoms with Crippen LogP contribution in [-0.2, 0) is 6.61 Å². The molecule has 3 aromatic rings. The number of nitro benzene ring substituents is 1. The molecule has 122 valence electrons. The summed E-state index contributed by atoms with van der Waals surface area (Å²) in [5.41, 5.74) is 1.75. The first kappa shape index (κ1) is 16.5. The van der Waals surface area contributed by atoms with Gasteiger partial charge in [-0.25, -0.2) is 4.98 Å². The van der Waals surface area contributed by atoms with Crippen LogP contribution in [0, 0.1) is 17.0 Å². The number of benzene rings is 2. The van der Waals surface area contributed by atoms with Crippen LogP contribution in [0.25, 0.3) is 10.9 Å². The number of hydrogen-bond acceptors (Lipinski definition) is 4. The number of aromatic nitrogens is 1. The SMILES string of the molecule is Cc1ccc2cccc(OCc3c(Cl)ccc([N+](=O)[O-])c3Cl)c2n1. The molecule has 0 unspecified atom stereocenters. The van der Waals surface area contributed by atoms with E-state index in [9.17, 15) is 10.1 Å². The maximum absolute atomic E-state index is 11.0. The highest BCUT2D eigenvalue weighted by atomic mass is 35.5. The van der Waals surface area contributed by atoms with Gasteiger partial charge in [-0.05, 0) is 25.1 Å². The molecule has 0 bridgehead atoms. The molecule has 2 aromatic carbocycles. The molecule has 7 heteroatoms. The van der Waals surface area contributed by atoms with E-state index in [0.717, 1.165) is 16.6 Å². The minimum atomic E-state index is -0.551. The summed E-state index contributed by atoms with van der Waals surface area (Å²) in [4.78, 5) is 14.9. The molecular weight excluding hydrogens is 351 g/mol. The van der Waals surface area contributed by atoms with Gasteiger partial charge in [-0.15, -0.1) is 0 Å². The number of nitrogens with zero attached hydrogens (tertiary/aromatic N) is 2. The molecule has 0 aliphatic heterocycles. The topological polar surface area (TPSA) is 65.3 Å². The van der Waals surface area contributed by atoms with Crippen LogP contribution in [0.4, 0.5) is 5.69 Å². The summed E-state index contributed by atoms with van der Waals surface area (Å²) in [6.07, 6.45) is 0. The fourth-order valence-corrected chi connectivity index (χ4v) is 2.89. The Bertz CT molecular complexity index is 945. The van der Waals surface area contributed by atoms with E-state index in [-0.39, 0.29) is 17.3 Å². The maximum Gasteiger partial charge on any atom is 0.288 e. The van der Waals surface area contributed by atoms with Crippen LogP contribution >= 0.6 is 23.2 Å². The van der Waals surface area contributed by atoms with Crippen molar-refractivity contribution in [3.8, 4) is 5.75 Å². The number of hydrogen-bond donors (Lipinski definition) is 0. The Morgan fingerprint density at radius 1 is 1.17 bits per heavy atom. The van der Waals surface area contributed by atoms with Crippen molar-refractivity contribution in [2.75, 3.05) is 0 Å². The van der Waals surface area contributed by atoms with Gasteiger partial charge in [0.1, 0.15) is 22.9 Å². The number of nitro groups is 1. The van der Waals surface area contributed by atoms with Crippen LogP contribution in [-0.4, -0.2) is 9.91 Å². The van der Waals surface area contributed by atoms with E-state index in [0.29, 0.717) is 16.3 Å². The lowest BCUT2D eigenvalue weighted by Gasteiger charge is -2.11. The van der Waals surface area contributed by atoms with Gasteiger partial charge in [0.05, 0.1) is 4.92 Å². The smallest absolute Gasteiger partial charge is 0.288 e. The second kappa shape index (κ2) is 6.63. The minimum Gasteiger partial charge on any atom is -0.487 e. The van der Waals surface area contributed by atoms with Gasteiger partial charge in [0.15, 0.2) is 0 Å². The van der Waals surface area contributed by atoms with Gasteiger partial charge in [-0.3, -0.25) is 10.1 Å². The second-order valence-electron chi connectivity index (χ2n) is 5.19. The standard InChI is InChI=1S/C17H12Cl2N2O3/c1-10-5-6-11-3-2-4-15(17(11)20-10)24-9-12-13(18)7-8-14(16(12)19)21(22)23/h2-8H,9H2,1H3. The molecule has 24 heavy (non-hydrogen) atoms. The van der Waals surface area contributed by atoms with E-state index < -0.39 is 4.92 Å². The predicted octanol–water partition coefficient (Wildman–Crippen LogP) is 5.34. The third-order valence-electron chi connectivity index (χ3n) is 3.56. The van der Waals surface area contributed by atoms with Crippen LogP contribution in [0.5, 0.6) is 5.75 Å². The molecule has 1 heterocycles. The lowest BCUT2D eigenvalue weighted by atomic mass is 10.2. The van der Waals surface area contributed by atoms with Gasteiger partial charge in [-0.1, -0.05) is 41.4 Å². The number of rotatable bonds is 4. The molecular formula is C17H12Cl2N2O3. The van der Waals surface area contributed by atoms with Crippen molar-refractivity contribution in [3.05, 3.63) is 73.9 Å². The zero-order chi connectivity index (χ0) is 17.3. The van der Waals surface area contributed by atoms with Crippen molar-refractivity contribution in [2.45, 2.75) is 13.5 Å². The van der Waals surface area contributed by atoms with Crippen molar-refractivity contribution in [1.82, 2.24) is 4.98 Å². The van der Waals surface area contributed by atoms with Crippen LogP contribution in [0.1, 0.15) is 11.3 Å². The van der Waals surface area contributed by atoms with Gasteiger partial charge >= 0.3 is 0 Å². The van der Waals surface area contributed by atoms with Crippen molar-refractivity contribution < 1.29 is 9.66 Å². The molecule has 0 saturated heterocycles. The largest absolute Gasteiger partial charge is 0.487 e. The maximum atomic E-state index is 11.0. The summed E-state index contributed by atoms with van der Waals surface area (Å²) in [7, 11) is 0. The molecule has 0 aliphatic carbocycles. The van der Waals surface area contributed by atoms with Gasteiger partial charge in [0, 0.05) is 27.7 Å². The average Bonchev–Trinajstić information content (AvgIpc) is 2.54. The fraction of sp³-hybridized carbons (Fsp3) is 0.118. The highest BCUT2D eigenvalue weighted by Crippen LogP contribution is 2.34. The molecule has 1 aromatic heterocycles.